The Bertz CT molecular complexity index is 222. The lowest BCUT2D eigenvalue weighted by Gasteiger charge is -2.03. The van der Waals surface area contributed by atoms with Gasteiger partial charge in [0.1, 0.15) is 0 Å². The summed E-state index contributed by atoms with van der Waals surface area (Å²) in [5.41, 5.74) is 0.766. The van der Waals surface area contributed by atoms with Gasteiger partial charge in [-0.25, -0.2) is 0 Å². The minimum Gasteiger partial charge on any atom is -0.479 e. The van der Waals surface area contributed by atoms with E-state index in [0.29, 0.717) is 19.0 Å². The monoisotopic (exact) mass is 154 g/mol. The fraction of sp³-hybridized carbons (Fsp3) is 0.571. The van der Waals surface area contributed by atoms with Crippen LogP contribution in [0.3, 0.4) is 0 Å². The van der Waals surface area contributed by atoms with E-state index in [9.17, 15) is 4.79 Å². The Hall–Kier alpha value is -1.19. The van der Waals surface area contributed by atoms with Crippen molar-refractivity contribution in [1.82, 2.24) is 10.6 Å². The molecule has 11 heavy (non-hydrogen) atoms. The molecule has 0 bridgehead atoms. The summed E-state index contributed by atoms with van der Waals surface area (Å²) < 4.78 is 5.21. The van der Waals surface area contributed by atoms with Gasteiger partial charge >= 0.3 is 0 Å². The molecule has 0 aromatic heterocycles. The highest BCUT2D eigenvalue weighted by Gasteiger charge is 2.23. The molecule has 1 amide bonds. The van der Waals surface area contributed by atoms with Gasteiger partial charge < -0.3 is 15.4 Å². The van der Waals surface area contributed by atoms with Crippen molar-refractivity contribution in [3.63, 3.8) is 0 Å². The SMILES string of the molecule is O=C1NCCNC2=C1CCO2. The highest BCUT2D eigenvalue weighted by Crippen LogP contribution is 2.17. The number of rotatable bonds is 0. The van der Waals surface area contributed by atoms with E-state index in [-0.39, 0.29) is 5.91 Å². The van der Waals surface area contributed by atoms with E-state index in [1.807, 2.05) is 0 Å². The van der Waals surface area contributed by atoms with Gasteiger partial charge in [-0.15, -0.1) is 0 Å². The van der Waals surface area contributed by atoms with Crippen LogP contribution >= 0.6 is 0 Å². The van der Waals surface area contributed by atoms with Crippen LogP contribution in [-0.2, 0) is 9.53 Å². The zero-order chi connectivity index (χ0) is 7.68. The predicted molar refractivity (Wildman–Crippen MR) is 38.6 cm³/mol. The smallest absolute Gasteiger partial charge is 0.252 e. The molecule has 0 fully saturated rings. The van der Waals surface area contributed by atoms with Gasteiger partial charge in [-0.05, 0) is 0 Å². The van der Waals surface area contributed by atoms with Crippen LogP contribution < -0.4 is 10.6 Å². The molecular formula is C7H10N2O2. The molecule has 2 N–H and O–H groups in total. The number of carbonyl (C=O) groups excluding carboxylic acids is 1. The molecule has 2 heterocycles. The Kier molecular flexibility index (Phi) is 1.45. The van der Waals surface area contributed by atoms with Gasteiger partial charge in [0.15, 0.2) is 5.88 Å². The molecule has 0 spiro atoms. The summed E-state index contributed by atoms with van der Waals surface area (Å²) in [6.07, 6.45) is 0.730. The van der Waals surface area contributed by atoms with Gasteiger partial charge in [-0.1, -0.05) is 0 Å². The average molecular weight is 154 g/mol. The van der Waals surface area contributed by atoms with Crippen molar-refractivity contribution < 1.29 is 9.53 Å². The van der Waals surface area contributed by atoms with Crippen molar-refractivity contribution in [2.45, 2.75) is 6.42 Å². The van der Waals surface area contributed by atoms with Crippen LogP contribution in [0.5, 0.6) is 0 Å². The minimum atomic E-state index is 0.0162. The Morgan fingerprint density at radius 2 is 2.09 bits per heavy atom. The first-order valence-electron chi connectivity index (χ1n) is 3.76. The van der Waals surface area contributed by atoms with Crippen molar-refractivity contribution in [3.8, 4) is 0 Å². The average Bonchev–Trinajstić information content (AvgIpc) is 2.40. The number of hydrogen-bond acceptors (Lipinski definition) is 3. The van der Waals surface area contributed by atoms with Crippen LogP contribution in [0.2, 0.25) is 0 Å². The molecule has 0 unspecified atom stereocenters. The fourth-order valence-corrected chi connectivity index (χ4v) is 1.29. The molecular weight excluding hydrogens is 144 g/mol. The normalized spacial score (nSPS) is 23.1. The first kappa shape index (κ1) is 6.52. The summed E-state index contributed by atoms with van der Waals surface area (Å²) in [6.45, 7) is 2.06. The van der Waals surface area contributed by atoms with Gasteiger partial charge in [0.2, 0.25) is 0 Å². The summed E-state index contributed by atoms with van der Waals surface area (Å²) in [4.78, 5) is 11.2. The molecule has 0 saturated carbocycles. The molecule has 0 saturated heterocycles. The largest absolute Gasteiger partial charge is 0.479 e. The number of nitrogens with one attached hydrogen (secondary N) is 2. The summed E-state index contributed by atoms with van der Waals surface area (Å²) >= 11 is 0. The van der Waals surface area contributed by atoms with Gasteiger partial charge in [0.25, 0.3) is 5.91 Å². The lowest BCUT2D eigenvalue weighted by Crippen LogP contribution is -2.27. The van der Waals surface area contributed by atoms with Crippen LogP contribution in [0.25, 0.3) is 0 Å². The summed E-state index contributed by atoms with van der Waals surface area (Å²) in [5.74, 6) is 0.697. The molecule has 2 rings (SSSR count). The van der Waals surface area contributed by atoms with E-state index in [1.165, 1.54) is 0 Å². The standard InChI is InChI=1S/C7H10N2O2/c10-6-5-1-4-11-7(5)9-3-2-8-6/h9H,1-4H2,(H,8,10). The molecule has 4 heteroatoms. The van der Waals surface area contributed by atoms with Crippen molar-refractivity contribution >= 4 is 5.91 Å². The van der Waals surface area contributed by atoms with Crippen molar-refractivity contribution in [2.24, 2.45) is 0 Å². The van der Waals surface area contributed by atoms with Crippen LogP contribution in [-0.4, -0.2) is 25.6 Å². The number of ether oxygens (including phenoxy) is 1. The molecule has 60 valence electrons. The maximum Gasteiger partial charge on any atom is 0.252 e. The first-order valence-corrected chi connectivity index (χ1v) is 3.76. The van der Waals surface area contributed by atoms with E-state index in [0.717, 1.165) is 18.5 Å². The van der Waals surface area contributed by atoms with E-state index < -0.39 is 0 Å². The Morgan fingerprint density at radius 1 is 1.27 bits per heavy atom. The molecule has 2 aliphatic heterocycles. The van der Waals surface area contributed by atoms with Crippen molar-refractivity contribution in [3.05, 3.63) is 11.5 Å². The third-order valence-corrected chi connectivity index (χ3v) is 1.84. The van der Waals surface area contributed by atoms with Crippen LogP contribution in [0.4, 0.5) is 0 Å². The molecule has 0 atom stereocenters. The zero-order valence-electron chi connectivity index (χ0n) is 6.14. The van der Waals surface area contributed by atoms with Crippen molar-refractivity contribution in [2.75, 3.05) is 19.7 Å². The molecule has 0 aromatic rings. The first-order chi connectivity index (χ1) is 5.38. The lowest BCUT2D eigenvalue weighted by molar-refractivity contribution is -0.117. The number of amides is 1. The summed E-state index contributed by atoms with van der Waals surface area (Å²) in [5, 5.41) is 5.82. The number of hydrogen-bond donors (Lipinski definition) is 2. The highest BCUT2D eigenvalue weighted by molar-refractivity contribution is 5.94. The Balaban J connectivity index is 2.25. The highest BCUT2D eigenvalue weighted by atomic mass is 16.5. The summed E-state index contributed by atoms with van der Waals surface area (Å²) in [6, 6.07) is 0. The molecule has 0 aliphatic carbocycles. The molecule has 0 aromatic carbocycles. The van der Waals surface area contributed by atoms with Gasteiger partial charge in [-0.2, -0.15) is 0 Å². The minimum absolute atomic E-state index is 0.0162. The quantitative estimate of drug-likeness (QED) is 0.487. The van der Waals surface area contributed by atoms with Crippen molar-refractivity contribution in [1.29, 1.82) is 0 Å². The van der Waals surface area contributed by atoms with Gasteiger partial charge in [-0.3, -0.25) is 4.79 Å². The second-order valence-corrected chi connectivity index (χ2v) is 2.59. The molecule has 4 nitrogen and oxygen atoms in total. The molecule has 2 aliphatic rings. The van der Waals surface area contributed by atoms with E-state index in [2.05, 4.69) is 10.6 Å². The second kappa shape index (κ2) is 2.45. The lowest BCUT2D eigenvalue weighted by atomic mass is 10.2. The third kappa shape index (κ3) is 1.04. The topological polar surface area (TPSA) is 50.4 Å². The third-order valence-electron chi connectivity index (χ3n) is 1.84. The molecule has 0 radical (unpaired) electrons. The summed E-state index contributed by atoms with van der Waals surface area (Å²) in [7, 11) is 0. The Labute approximate surface area is 64.6 Å². The maximum absolute atomic E-state index is 11.2. The van der Waals surface area contributed by atoms with E-state index in [1.54, 1.807) is 0 Å². The number of carbonyl (C=O) groups is 1. The zero-order valence-corrected chi connectivity index (χ0v) is 6.14. The second-order valence-electron chi connectivity index (χ2n) is 2.59. The van der Waals surface area contributed by atoms with E-state index in [4.69, 9.17) is 4.74 Å². The van der Waals surface area contributed by atoms with Crippen LogP contribution in [0.15, 0.2) is 11.5 Å². The predicted octanol–water partition coefficient (Wildman–Crippen LogP) is -0.662. The van der Waals surface area contributed by atoms with Gasteiger partial charge in [0, 0.05) is 19.5 Å². The van der Waals surface area contributed by atoms with E-state index >= 15 is 0 Å². The fourth-order valence-electron chi connectivity index (χ4n) is 1.29. The van der Waals surface area contributed by atoms with Crippen LogP contribution in [0.1, 0.15) is 6.42 Å². The Morgan fingerprint density at radius 3 is 3.00 bits per heavy atom. The van der Waals surface area contributed by atoms with Gasteiger partial charge in [0.05, 0.1) is 12.2 Å². The maximum atomic E-state index is 11.2. The van der Waals surface area contributed by atoms with Crippen LogP contribution in [0, 0.1) is 0 Å².